The van der Waals surface area contributed by atoms with Crippen LogP contribution >= 0.6 is 11.9 Å². The number of hydrogen-bond donors (Lipinski definition) is 2. The van der Waals surface area contributed by atoms with Gasteiger partial charge in [-0.2, -0.15) is 5.10 Å². The van der Waals surface area contributed by atoms with Gasteiger partial charge in [-0.05, 0) is 69.0 Å². The molecule has 5 nitrogen and oxygen atoms in total. The van der Waals surface area contributed by atoms with Crippen molar-refractivity contribution >= 4 is 28.7 Å². The minimum absolute atomic E-state index is 0.147. The van der Waals surface area contributed by atoms with Gasteiger partial charge in [0.15, 0.2) is 0 Å². The topological polar surface area (TPSA) is 62.8 Å². The summed E-state index contributed by atoms with van der Waals surface area (Å²) >= 11 is 1.75. The van der Waals surface area contributed by atoms with Crippen LogP contribution in [0.15, 0.2) is 36.5 Å². The number of benzene rings is 1. The maximum Gasteiger partial charge on any atom is 0.136 e. The van der Waals surface area contributed by atoms with Crippen LogP contribution in [0, 0.1) is 0 Å². The van der Waals surface area contributed by atoms with E-state index >= 15 is 0 Å². The van der Waals surface area contributed by atoms with Gasteiger partial charge in [-0.25, -0.2) is 4.98 Å². The Balaban J connectivity index is 1.66. The van der Waals surface area contributed by atoms with E-state index in [1.165, 1.54) is 12.8 Å². The first-order valence-electron chi connectivity index (χ1n) is 8.22. The first kappa shape index (κ1) is 15.3. The van der Waals surface area contributed by atoms with Crippen LogP contribution in [0.3, 0.4) is 0 Å². The zero-order valence-corrected chi connectivity index (χ0v) is 14.6. The predicted molar refractivity (Wildman–Crippen MR) is 99.3 cm³/mol. The van der Waals surface area contributed by atoms with E-state index in [4.69, 9.17) is 4.74 Å². The van der Waals surface area contributed by atoms with Crippen LogP contribution in [0.1, 0.15) is 26.7 Å². The molecule has 2 heterocycles. The number of fused-ring (bicyclic) bond motifs is 1. The summed E-state index contributed by atoms with van der Waals surface area (Å²) in [6, 6.07) is 10.0. The Kier molecular flexibility index (Phi) is 4.06. The Morgan fingerprint density at radius 1 is 1.25 bits per heavy atom. The summed E-state index contributed by atoms with van der Waals surface area (Å²) in [5.74, 6) is 1.73. The number of rotatable bonds is 6. The Morgan fingerprint density at radius 3 is 2.92 bits per heavy atom. The van der Waals surface area contributed by atoms with Crippen molar-refractivity contribution in [2.24, 2.45) is 0 Å². The number of anilines is 1. The lowest BCUT2D eigenvalue weighted by Crippen LogP contribution is -2.05. The molecule has 1 aromatic carbocycles. The molecule has 0 atom stereocenters. The lowest BCUT2D eigenvalue weighted by molar-refractivity contribution is 0.243. The number of aromatic nitrogens is 3. The lowest BCUT2D eigenvalue weighted by atomic mass is 10.1. The molecule has 4 rings (SSSR count). The van der Waals surface area contributed by atoms with E-state index in [0.29, 0.717) is 0 Å². The highest BCUT2D eigenvalue weighted by Gasteiger charge is 2.22. The number of aromatic amines is 1. The number of hydrogen-bond acceptors (Lipinski definition) is 5. The summed E-state index contributed by atoms with van der Waals surface area (Å²) in [4.78, 5) is 4.39. The SMILES string of the molecule is CC(C)Oc1ccc2[nH]nc(-c3ccnc(NSC4CC4)c3)c2c1. The standard InChI is InChI=1S/C18H20N4OS/c1-11(2)23-13-3-6-16-15(10-13)18(21-20-16)12-7-8-19-17(9-12)22-24-14-4-5-14/h3,6-11,14H,4-5H2,1-2H3,(H,19,22)(H,20,21). The van der Waals surface area contributed by atoms with Crippen molar-refractivity contribution in [3.05, 3.63) is 36.5 Å². The highest BCUT2D eigenvalue weighted by Crippen LogP contribution is 2.35. The fourth-order valence-electron chi connectivity index (χ4n) is 2.52. The van der Waals surface area contributed by atoms with Gasteiger partial charge in [-0.1, -0.05) is 0 Å². The smallest absolute Gasteiger partial charge is 0.136 e. The normalized spacial score (nSPS) is 14.3. The maximum absolute atomic E-state index is 5.81. The minimum Gasteiger partial charge on any atom is -0.491 e. The van der Waals surface area contributed by atoms with E-state index in [1.807, 2.05) is 50.4 Å². The van der Waals surface area contributed by atoms with E-state index in [9.17, 15) is 0 Å². The summed E-state index contributed by atoms with van der Waals surface area (Å²) in [5.41, 5.74) is 2.96. The molecule has 0 bridgehead atoms. The summed E-state index contributed by atoms with van der Waals surface area (Å²) < 4.78 is 9.15. The number of ether oxygens (including phenoxy) is 1. The van der Waals surface area contributed by atoms with Crippen molar-refractivity contribution in [2.45, 2.75) is 38.0 Å². The van der Waals surface area contributed by atoms with E-state index in [1.54, 1.807) is 11.9 Å². The molecular formula is C18H20N4OS. The minimum atomic E-state index is 0.147. The van der Waals surface area contributed by atoms with E-state index in [2.05, 4.69) is 19.9 Å². The maximum atomic E-state index is 5.81. The van der Waals surface area contributed by atoms with E-state index < -0.39 is 0 Å². The molecule has 1 fully saturated rings. The molecule has 24 heavy (non-hydrogen) atoms. The molecule has 3 aromatic rings. The van der Waals surface area contributed by atoms with Crippen LogP contribution in [0.4, 0.5) is 5.82 Å². The average Bonchev–Trinajstić information content (AvgIpc) is 3.31. The average molecular weight is 340 g/mol. The van der Waals surface area contributed by atoms with Gasteiger partial charge in [0.2, 0.25) is 0 Å². The van der Waals surface area contributed by atoms with E-state index in [-0.39, 0.29) is 6.10 Å². The first-order valence-corrected chi connectivity index (χ1v) is 9.10. The number of nitrogens with one attached hydrogen (secondary N) is 2. The highest BCUT2D eigenvalue weighted by atomic mass is 32.2. The fraction of sp³-hybridized carbons (Fsp3) is 0.333. The molecule has 2 aromatic heterocycles. The molecule has 0 aliphatic heterocycles. The highest BCUT2D eigenvalue weighted by molar-refractivity contribution is 8.01. The molecule has 0 saturated heterocycles. The summed E-state index contributed by atoms with van der Waals surface area (Å²) in [5, 5.41) is 9.38. The van der Waals surface area contributed by atoms with Crippen molar-refractivity contribution in [3.63, 3.8) is 0 Å². The van der Waals surface area contributed by atoms with Gasteiger partial charge < -0.3 is 9.46 Å². The summed E-state index contributed by atoms with van der Waals surface area (Å²) in [7, 11) is 0. The zero-order chi connectivity index (χ0) is 16.5. The second kappa shape index (κ2) is 6.36. The van der Waals surface area contributed by atoms with Gasteiger partial charge in [0.1, 0.15) is 17.3 Å². The van der Waals surface area contributed by atoms with Crippen LogP contribution in [-0.4, -0.2) is 26.5 Å². The van der Waals surface area contributed by atoms with Gasteiger partial charge in [0.05, 0.1) is 11.6 Å². The second-order valence-electron chi connectivity index (χ2n) is 6.30. The van der Waals surface area contributed by atoms with Gasteiger partial charge in [-0.3, -0.25) is 5.10 Å². The Hall–Kier alpha value is -2.21. The van der Waals surface area contributed by atoms with Gasteiger partial charge >= 0.3 is 0 Å². The molecule has 2 N–H and O–H groups in total. The fourth-order valence-corrected chi connectivity index (χ4v) is 3.29. The quantitative estimate of drug-likeness (QED) is 0.640. The Bertz CT molecular complexity index is 857. The Morgan fingerprint density at radius 2 is 2.12 bits per heavy atom. The molecule has 0 spiro atoms. The number of nitrogens with zero attached hydrogens (tertiary/aromatic N) is 2. The van der Waals surface area contributed by atoms with Gasteiger partial charge in [0.25, 0.3) is 0 Å². The molecule has 0 radical (unpaired) electrons. The lowest BCUT2D eigenvalue weighted by Gasteiger charge is -2.09. The molecule has 1 saturated carbocycles. The van der Waals surface area contributed by atoms with E-state index in [0.717, 1.165) is 39.0 Å². The van der Waals surface area contributed by atoms with Crippen molar-refractivity contribution in [1.29, 1.82) is 0 Å². The molecular weight excluding hydrogens is 320 g/mol. The van der Waals surface area contributed by atoms with Crippen molar-refractivity contribution in [1.82, 2.24) is 15.2 Å². The van der Waals surface area contributed by atoms with Crippen LogP contribution in [0.25, 0.3) is 22.2 Å². The predicted octanol–water partition coefficient (Wildman–Crippen LogP) is 4.63. The van der Waals surface area contributed by atoms with Crippen molar-refractivity contribution in [2.75, 3.05) is 4.72 Å². The third kappa shape index (κ3) is 3.33. The summed E-state index contributed by atoms with van der Waals surface area (Å²) in [6.45, 7) is 4.05. The molecule has 1 aliphatic rings. The van der Waals surface area contributed by atoms with Crippen LogP contribution in [0.2, 0.25) is 0 Å². The molecule has 124 valence electrons. The second-order valence-corrected chi connectivity index (χ2v) is 7.40. The van der Waals surface area contributed by atoms with Crippen LogP contribution < -0.4 is 9.46 Å². The third-order valence-corrected chi connectivity index (χ3v) is 4.93. The largest absolute Gasteiger partial charge is 0.491 e. The molecule has 0 amide bonds. The molecule has 0 unspecified atom stereocenters. The number of H-pyrrole nitrogens is 1. The Labute approximate surface area is 145 Å². The van der Waals surface area contributed by atoms with Crippen molar-refractivity contribution in [3.8, 4) is 17.0 Å². The third-order valence-electron chi connectivity index (χ3n) is 3.79. The number of pyridine rings is 1. The van der Waals surface area contributed by atoms with Gasteiger partial charge in [-0.15, -0.1) is 0 Å². The summed E-state index contributed by atoms with van der Waals surface area (Å²) in [6.07, 6.45) is 4.55. The first-order chi connectivity index (χ1) is 11.7. The van der Waals surface area contributed by atoms with Gasteiger partial charge in [0, 0.05) is 22.4 Å². The molecule has 1 aliphatic carbocycles. The van der Waals surface area contributed by atoms with Crippen LogP contribution in [-0.2, 0) is 0 Å². The monoisotopic (exact) mass is 340 g/mol. The molecule has 6 heteroatoms. The van der Waals surface area contributed by atoms with Crippen molar-refractivity contribution < 1.29 is 4.74 Å². The van der Waals surface area contributed by atoms with Crippen LogP contribution in [0.5, 0.6) is 5.75 Å². The zero-order valence-electron chi connectivity index (χ0n) is 13.7.